The minimum atomic E-state index is -0.270. The van der Waals surface area contributed by atoms with Gasteiger partial charge in [-0.1, -0.05) is 12.1 Å². The summed E-state index contributed by atoms with van der Waals surface area (Å²) in [7, 11) is 3.09. The number of carbonyl (C=O) groups is 1. The molecule has 174 valence electrons. The first-order chi connectivity index (χ1) is 16.0. The van der Waals surface area contributed by atoms with E-state index in [1.807, 2.05) is 43.3 Å². The van der Waals surface area contributed by atoms with Gasteiger partial charge >= 0.3 is 0 Å². The Balaban J connectivity index is 1.56. The molecule has 0 unspecified atom stereocenters. The van der Waals surface area contributed by atoms with Crippen LogP contribution in [0.25, 0.3) is 0 Å². The fraction of sp³-hybridized carbons (Fsp3) is 0.360. The van der Waals surface area contributed by atoms with Gasteiger partial charge < -0.3 is 23.8 Å². The molecule has 8 heteroatoms. The number of nitrogens with one attached hydrogen (secondary N) is 1. The normalized spacial score (nSPS) is 13.8. The predicted octanol–water partition coefficient (Wildman–Crippen LogP) is 2.76. The molecule has 2 aromatic heterocycles. The lowest BCUT2D eigenvalue weighted by Crippen LogP contribution is -2.31. The molecule has 0 radical (unpaired) electrons. The van der Waals surface area contributed by atoms with Crippen molar-refractivity contribution in [2.24, 2.45) is 0 Å². The minimum Gasteiger partial charge on any atom is -0.497 e. The number of benzene rings is 1. The number of hydrogen-bond donors (Lipinski definition) is 1. The second kappa shape index (κ2) is 9.95. The van der Waals surface area contributed by atoms with Crippen molar-refractivity contribution in [1.29, 1.82) is 0 Å². The minimum absolute atomic E-state index is 0.165. The molecule has 1 aliphatic heterocycles. The summed E-state index contributed by atoms with van der Waals surface area (Å²) in [6, 6.07) is 12.8. The average molecular weight is 452 g/mol. The Morgan fingerprint density at radius 3 is 2.67 bits per heavy atom. The topological polar surface area (TPSA) is 85.9 Å². The monoisotopic (exact) mass is 451 g/mol. The van der Waals surface area contributed by atoms with Crippen LogP contribution in [0, 0.1) is 6.92 Å². The number of fused-ring (bicyclic) bond motifs is 1. The van der Waals surface area contributed by atoms with Crippen molar-refractivity contribution in [2.45, 2.75) is 33.0 Å². The second-order valence-corrected chi connectivity index (χ2v) is 8.10. The molecule has 0 aliphatic carbocycles. The Bertz CT molecular complexity index is 1200. The number of hydrogen-bond acceptors (Lipinski definition) is 6. The number of ether oxygens (including phenoxy) is 2. The van der Waals surface area contributed by atoms with Crippen molar-refractivity contribution < 1.29 is 18.7 Å². The van der Waals surface area contributed by atoms with Crippen LogP contribution in [0.15, 0.2) is 51.7 Å². The van der Waals surface area contributed by atoms with E-state index in [1.165, 1.54) is 13.2 Å². The summed E-state index contributed by atoms with van der Waals surface area (Å²) in [5, 5.41) is 2.97. The number of pyridine rings is 1. The quantitative estimate of drug-likeness (QED) is 0.595. The first-order valence-corrected chi connectivity index (χ1v) is 11.0. The van der Waals surface area contributed by atoms with Crippen molar-refractivity contribution in [3.05, 3.63) is 81.2 Å². The van der Waals surface area contributed by atoms with E-state index in [0.717, 1.165) is 22.8 Å². The van der Waals surface area contributed by atoms with Gasteiger partial charge in [0.15, 0.2) is 0 Å². The van der Waals surface area contributed by atoms with Crippen LogP contribution >= 0.6 is 0 Å². The van der Waals surface area contributed by atoms with Gasteiger partial charge in [0.2, 0.25) is 0 Å². The molecular weight excluding hydrogens is 422 g/mol. The molecular formula is C25H29N3O5. The highest BCUT2D eigenvalue weighted by molar-refractivity contribution is 5.98. The maximum atomic E-state index is 13.3. The highest BCUT2D eigenvalue weighted by Crippen LogP contribution is 2.24. The molecule has 1 N–H and O–H groups in total. The van der Waals surface area contributed by atoms with Crippen LogP contribution in [0.2, 0.25) is 0 Å². The second-order valence-electron chi connectivity index (χ2n) is 8.10. The van der Waals surface area contributed by atoms with Crippen molar-refractivity contribution in [2.75, 3.05) is 27.3 Å². The van der Waals surface area contributed by atoms with Crippen LogP contribution < -0.4 is 20.3 Å². The van der Waals surface area contributed by atoms with E-state index in [0.29, 0.717) is 56.2 Å². The number of amides is 1. The van der Waals surface area contributed by atoms with E-state index in [2.05, 4.69) is 10.2 Å². The molecule has 1 aromatic carbocycles. The van der Waals surface area contributed by atoms with E-state index in [1.54, 1.807) is 11.7 Å². The smallest absolute Gasteiger partial charge is 0.257 e. The number of nitrogens with zero attached hydrogens (tertiary/aromatic N) is 2. The molecule has 0 fully saturated rings. The van der Waals surface area contributed by atoms with E-state index < -0.39 is 0 Å². The number of aromatic nitrogens is 1. The number of furan rings is 1. The first kappa shape index (κ1) is 22.7. The molecule has 1 aliphatic rings. The van der Waals surface area contributed by atoms with Gasteiger partial charge in [-0.25, -0.2) is 0 Å². The lowest BCUT2D eigenvalue weighted by atomic mass is 10.1. The summed E-state index contributed by atoms with van der Waals surface area (Å²) in [6.45, 7) is 4.79. The number of carbonyl (C=O) groups excluding carboxylic acids is 1. The van der Waals surface area contributed by atoms with Crippen molar-refractivity contribution in [1.82, 2.24) is 14.8 Å². The molecule has 1 amide bonds. The fourth-order valence-corrected chi connectivity index (χ4v) is 4.20. The Kier molecular flexibility index (Phi) is 6.84. The van der Waals surface area contributed by atoms with Crippen molar-refractivity contribution in [3.63, 3.8) is 0 Å². The molecule has 4 rings (SSSR count). The van der Waals surface area contributed by atoms with Crippen LogP contribution in [0.3, 0.4) is 0 Å². The zero-order chi connectivity index (χ0) is 23.4. The summed E-state index contributed by atoms with van der Waals surface area (Å²) in [4.78, 5) is 28.3. The Labute approximate surface area is 192 Å². The summed E-state index contributed by atoms with van der Waals surface area (Å²) in [6.07, 6.45) is 0.550. The first-order valence-electron chi connectivity index (χ1n) is 11.0. The average Bonchev–Trinajstić information content (AvgIpc) is 3.11. The molecule has 0 spiro atoms. The third-order valence-electron chi connectivity index (χ3n) is 5.90. The van der Waals surface area contributed by atoms with Gasteiger partial charge in [-0.05, 0) is 36.8 Å². The van der Waals surface area contributed by atoms with Crippen molar-refractivity contribution in [3.8, 4) is 11.5 Å². The number of methoxy groups -OCH3 is 2. The van der Waals surface area contributed by atoms with E-state index in [-0.39, 0.29) is 11.5 Å². The highest BCUT2D eigenvalue weighted by Gasteiger charge is 2.25. The summed E-state index contributed by atoms with van der Waals surface area (Å²) < 4.78 is 18.1. The molecule has 3 heterocycles. The summed E-state index contributed by atoms with van der Waals surface area (Å²) in [5.41, 5.74) is 1.86. The van der Waals surface area contributed by atoms with Gasteiger partial charge in [0.1, 0.15) is 28.6 Å². The number of aryl methyl sites for hydroxylation is 1. The predicted molar refractivity (Wildman–Crippen MR) is 124 cm³/mol. The third kappa shape index (κ3) is 5.12. The fourth-order valence-electron chi connectivity index (χ4n) is 4.20. The summed E-state index contributed by atoms with van der Waals surface area (Å²) in [5.74, 6) is 2.52. The lowest BCUT2D eigenvalue weighted by molar-refractivity contribution is 0.0945. The van der Waals surface area contributed by atoms with Gasteiger partial charge in [0, 0.05) is 44.4 Å². The SMILES string of the molecule is COc1cccc(CNC(=O)c2c(OC)cc(=O)n3c2CCN(Cc2ccc(C)o2)CC3)c1. The van der Waals surface area contributed by atoms with E-state index in [9.17, 15) is 9.59 Å². The molecule has 0 saturated heterocycles. The third-order valence-corrected chi connectivity index (χ3v) is 5.90. The lowest BCUT2D eigenvalue weighted by Gasteiger charge is -2.17. The number of rotatable bonds is 7. The van der Waals surface area contributed by atoms with Crippen LogP contribution in [0.5, 0.6) is 11.5 Å². The molecule has 8 nitrogen and oxygen atoms in total. The Hall–Kier alpha value is -3.52. The molecule has 0 bridgehead atoms. The van der Waals surface area contributed by atoms with Gasteiger partial charge in [-0.2, -0.15) is 0 Å². The van der Waals surface area contributed by atoms with Gasteiger partial charge in [-0.3, -0.25) is 14.5 Å². The Morgan fingerprint density at radius 1 is 1.09 bits per heavy atom. The van der Waals surface area contributed by atoms with Crippen LogP contribution in [0.1, 0.15) is 33.1 Å². The van der Waals surface area contributed by atoms with Gasteiger partial charge in [0.05, 0.1) is 20.8 Å². The zero-order valence-corrected chi connectivity index (χ0v) is 19.2. The van der Waals surface area contributed by atoms with Crippen molar-refractivity contribution >= 4 is 5.91 Å². The van der Waals surface area contributed by atoms with E-state index in [4.69, 9.17) is 13.9 Å². The van der Waals surface area contributed by atoms with Crippen LogP contribution in [0.4, 0.5) is 0 Å². The maximum absolute atomic E-state index is 13.3. The Morgan fingerprint density at radius 2 is 1.94 bits per heavy atom. The van der Waals surface area contributed by atoms with Gasteiger partial charge in [0.25, 0.3) is 11.5 Å². The largest absolute Gasteiger partial charge is 0.497 e. The summed E-state index contributed by atoms with van der Waals surface area (Å²) >= 11 is 0. The molecule has 0 saturated carbocycles. The molecule has 0 atom stereocenters. The molecule has 3 aromatic rings. The van der Waals surface area contributed by atoms with Crippen LogP contribution in [-0.2, 0) is 26.1 Å². The highest BCUT2D eigenvalue weighted by atomic mass is 16.5. The standard InChI is InChI=1S/C25H29N3O5/c1-17-7-8-20(33-17)16-27-10-9-21-24(22(32-3)14-23(29)28(21)12-11-27)25(30)26-15-18-5-4-6-19(13-18)31-2/h4-8,13-14H,9-12,15-16H2,1-3H3,(H,26,30). The van der Waals surface area contributed by atoms with E-state index >= 15 is 0 Å². The molecule has 33 heavy (non-hydrogen) atoms. The van der Waals surface area contributed by atoms with Gasteiger partial charge in [-0.15, -0.1) is 0 Å². The maximum Gasteiger partial charge on any atom is 0.257 e. The van der Waals surface area contributed by atoms with Crippen LogP contribution in [-0.4, -0.2) is 42.7 Å². The zero-order valence-electron chi connectivity index (χ0n) is 19.2.